The number of likely N-dealkylation sites (N-methyl/N-ethyl adjacent to an activating group) is 1. The minimum absolute atomic E-state index is 0.0180. The van der Waals surface area contributed by atoms with Crippen molar-refractivity contribution in [2.75, 3.05) is 7.05 Å². The maximum atomic E-state index is 11.8. The number of carbonyl (C=O) groups excluding carboxylic acids is 1. The first-order valence-corrected chi connectivity index (χ1v) is 6.52. The lowest BCUT2D eigenvalue weighted by atomic mass is 9.99. The van der Waals surface area contributed by atoms with E-state index < -0.39 is 0 Å². The van der Waals surface area contributed by atoms with Crippen molar-refractivity contribution in [1.82, 2.24) is 10.6 Å². The minimum Gasteiger partial charge on any atom is -0.358 e. The third-order valence-electron chi connectivity index (χ3n) is 3.55. The molecule has 0 aromatic rings. The minimum atomic E-state index is -0.0180. The van der Waals surface area contributed by atoms with Crippen molar-refractivity contribution in [3.05, 3.63) is 0 Å². The average Bonchev–Trinajstić information content (AvgIpc) is 2.61. The highest BCUT2D eigenvalue weighted by Gasteiger charge is 2.28. The topological polar surface area (TPSA) is 41.1 Å². The molecule has 1 aliphatic carbocycles. The molecule has 3 unspecified atom stereocenters. The molecule has 3 atom stereocenters. The van der Waals surface area contributed by atoms with Gasteiger partial charge in [0.05, 0.1) is 6.04 Å². The molecule has 0 heterocycles. The Hall–Kier alpha value is -0.570. The summed E-state index contributed by atoms with van der Waals surface area (Å²) in [7, 11) is 1.72. The van der Waals surface area contributed by atoms with Gasteiger partial charge in [-0.2, -0.15) is 0 Å². The maximum absolute atomic E-state index is 11.8. The Morgan fingerprint density at radius 3 is 2.50 bits per heavy atom. The predicted molar refractivity (Wildman–Crippen MR) is 67.2 cm³/mol. The Labute approximate surface area is 99.4 Å². The zero-order valence-electron chi connectivity index (χ0n) is 11.0. The van der Waals surface area contributed by atoms with Crippen molar-refractivity contribution in [3.8, 4) is 0 Å². The molecule has 94 valence electrons. The van der Waals surface area contributed by atoms with Crippen molar-refractivity contribution in [2.45, 2.75) is 58.5 Å². The Kier molecular flexibility index (Phi) is 5.26. The summed E-state index contributed by atoms with van der Waals surface area (Å²) in [6.45, 7) is 6.60. The van der Waals surface area contributed by atoms with Gasteiger partial charge in [-0.3, -0.25) is 4.79 Å². The van der Waals surface area contributed by atoms with Gasteiger partial charge in [0.25, 0.3) is 0 Å². The lowest BCUT2D eigenvalue weighted by Crippen LogP contribution is -2.48. The molecule has 3 heteroatoms. The van der Waals surface area contributed by atoms with Crippen LogP contribution in [0.2, 0.25) is 0 Å². The molecule has 0 aromatic carbocycles. The monoisotopic (exact) mass is 226 g/mol. The van der Waals surface area contributed by atoms with Gasteiger partial charge in [-0.25, -0.2) is 0 Å². The predicted octanol–water partition coefficient (Wildman–Crippen LogP) is 1.93. The summed E-state index contributed by atoms with van der Waals surface area (Å²) in [5.74, 6) is 1.39. The van der Waals surface area contributed by atoms with Gasteiger partial charge in [0.15, 0.2) is 0 Å². The van der Waals surface area contributed by atoms with Crippen LogP contribution in [-0.2, 0) is 4.79 Å². The third-order valence-corrected chi connectivity index (χ3v) is 3.55. The fourth-order valence-corrected chi connectivity index (χ4v) is 2.55. The standard InChI is InChI=1S/C13H26N2O/c1-9(2)8-12(13(16)14-4)15-11-7-5-6-10(11)3/h9-12,15H,5-8H2,1-4H3,(H,14,16). The summed E-state index contributed by atoms with van der Waals surface area (Å²) >= 11 is 0. The van der Waals surface area contributed by atoms with Gasteiger partial charge in [-0.15, -0.1) is 0 Å². The van der Waals surface area contributed by atoms with Crippen molar-refractivity contribution in [2.24, 2.45) is 11.8 Å². The lowest BCUT2D eigenvalue weighted by molar-refractivity contribution is -0.123. The Morgan fingerprint density at radius 1 is 1.38 bits per heavy atom. The van der Waals surface area contributed by atoms with Crippen LogP contribution in [0.3, 0.4) is 0 Å². The third kappa shape index (κ3) is 3.78. The van der Waals surface area contributed by atoms with E-state index in [0.29, 0.717) is 17.9 Å². The molecule has 2 N–H and O–H groups in total. The highest BCUT2D eigenvalue weighted by Crippen LogP contribution is 2.25. The number of hydrogen-bond acceptors (Lipinski definition) is 2. The van der Waals surface area contributed by atoms with E-state index in [2.05, 4.69) is 31.4 Å². The molecule has 0 saturated heterocycles. The van der Waals surface area contributed by atoms with Crippen molar-refractivity contribution in [3.63, 3.8) is 0 Å². The van der Waals surface area contributed by atoms with E-state index in [-0.39, 0.29) is 11.9 Å². The van der Waals surface area contributed by atoms with Crippen LogP contribution in [0.5, 0.6) is 0 Å². The molecule has 1 fully saturated rings. The number of nitrogens with one attached hydrogen (secondary N) is 2. The first kappa shape index (κ1) is 13.5. The second-order valence-corrected chi connectivity index (χ2v) is 5.48. The van der Waals surface area contributed by atoms with E-state index in [1.165, 1.54) is 19.3 Å². The van der Waals surface area contributed by atoms with E-state index in [0.717, 1.165) is 6.42 Å². The fourth-order valence-electron chi connectivity index (χ4n) is 2.55. The maximum Gasteiger partial charge on any atom is 0.236 e. The van der Waals surface area contributed by atoms with Gasteiger partial charge in [-0.05, 0) is 31.1 Å². The van der Waals surface area contributed by atoms with E-state index in [1.54, 1.807) is 7.05 Å². The van der Waals surface area contributed by atoms with Gasteiger partial charge in [-0.1, -0.05) is 27.2 Å². The van der Waals surface area contributed by atoms with Gasteiger partial charge in [0, 0.05) is 13.1 Å². The normalized spacial score (nSPS) is 27.1. The fraction of sp³-hybridized carbons (Fsp3) is 0.923. The Bertz CT molecular complexity index is 228. The summed E-state index contributed by atoms with van der Waals surface area (Å²) in [6, 6.07) is 0.511. The Morgan fingerprint density at radius 2 is 2.06 bits per heavy atom. The van der Waals surface area contributed by atoms with Crippen molar-refractivity contribution >= 4 is 5.91 Å². The molecule has 3 nitrogen and oxygen atoms in total. The van der Waals surface area contributed by atoms with Crippen LogP contribution >= 0.6 is 0 Å². The zero-order chi connectivity index (χ0) is 12.1. The summed E-state index contributed by atoms with van der Waals surface area (Å²) in [5, 5.41) is 6.29. The molecular formula is C13H26N2O. The van der Waals surface area contributed by atoms with Gasteiger partial charge < -0.3 is 10.6 Å². The highest BCUT2D eigenvalue weighted by molar-refractivity contribution is 5.81. The van der Waals surface area contributed by atoms with Crippen LogP contribution in [0.25, 0.3) is 0 Å². The molecule has 16 heavy (non-hydrogen) atoms. The smallest absolute Gasteiger partial charge is 0.236 e. The van der Waals surface area contributed by atoms with Crippen LogP contribution < -0.4 is 10.6 Å². The van der Waals surface area contributed by atoms with Crippen LogP contribution in [0.4, 0.5) is 0 Å². The summed E-state index contributed by atoms with van der Waals surface area (Å²) in [4.78, 5) is 11.8. The second-order valence-electron chi connectivity index (χ2n) is 5.48. The SMILES string of the molecule is CNC(=O)C(CC(C)C)NC1CCCC1C. The number of hydrogen-bond donors (Lipinski definition) is 2. The van der Waals surface area contributed by atoms with Gasteiger partial charge >= 0.3 is 0 Å². The highest BCUT2D eigenvalue weighted by atomic mass is 16.2. The first-order chi connectivity index (χ1) is 7.54. The van der Waals surface area contributed by atoms with E-state index in [9.17, 15) is 4.79 Å². The second kappa shape index (κ2) is 6.24. The lowest BCUT2D eigenvalue weighted by Gasteiger charge is -2.25. The van der Waals surface area contributed by atoms with Crippen molar-refractivity contribution in [1.29, 1.82) is 0 Å². The molecule has 1 saturated carbocycles. The molecule has 0 radical (unpaired) electrons. The van der Waals surface area contributed by atoms with Crippen LogP contribution in [0.15, 0.2) is 0 Å². The number of amides is 1. The molecule has 0 spiro atoms. The van der Waals surface area contributed by atoms with Crippen LogP contribution in [0.1, 0.15) is 46.5 Å². The molecular weight excluding hydrogens is 200 g/mol. The van der Waals surface area contributed by atoms with E-state index in [1.807, 2.05) is 0 Å². The molecule has 0 aromatic heterocycles. The first-order valence-electron chi connectivity index (χ1n) is 6.52. The van der Waals surface area contributed by atoms with Gasteiger partial charge in [0.2, 0.25) is 5.91 Å². The van der Waals surface area contributed by atoms with E-state index >= 15 is 0 Å². The summed E-state index contributed by atoms with van der Waals surface area (Å²) in [5.41, 5.74) is 0. The molecule has 1 amide bonds. The molecule has 0 aliphatic heterocycles. The quantitative estimate of drug-likeness (QED) is 0.752. The molecule has 0 bridgehead atoms. The molecule has 1 aliphatic rings. The summed E-state index contributed by atoms with van der Waals surface area (Å²) in [6.07, 6.45) is 4.72. The summed E-state index contributed by atoms with van der Waals surface area (Å²) < 4.78 is 0. The van der Waals surface area contributed by atoms with Crippen LogP contribution in [0, 0.1) is 11.8 Å². The van der Waals surface area contributed by atoms with Gasteiger partial charge in [0.1, 0.15) is 0 Å². The number of carbonyl (C=O) groups is 1. The number of rotatable bonds is 5. The molecule has 1 rings (SSSR count). The van der Waals surface area contributed by atoms with Crippen LogP contribution in [-0.4, -0.2) is 25.0 Å². The Balaban J connectivity index is 2.52. The van der Waals surface area contributed by atoms with Crippen molar-refractivity contribution < 1.29 is 4.79 Å². The largest absolute Gasteiger partial charge is 0.358 e. The zero-order valence-corrected chi connectivity index (χ0v) is 11.0. The van der Waals surface area contributed by atoms with E-state index in [4.69, 9.17) is 0 Å². The average molecular weight is 226 g/mol.